The molecule has 0 radical (unpaired) electrons. The number of Topliss-reactive ketones (excluding diaryl/α,β-unsaturated/α-hetero) is 1. The van der Waals surface area contributed by atoms with Crippen LogP contribution in [-0.4, -0.2) is 22.1 Å². The molecule has 1 heterocycles. The van der Waals surface area contributed by atoms with Crippen LogP contribution in [-0.2, 0) is 13.5 Å². The van der Waals surface area contributed by atoms with Crippen LogP contribution in [0.3, 0.4) is 0 Å². The number of hydrogen-bond donors (Lipinski definition) is 1. The molecule has 0 aliphatic carbocycles. The summed E-state index contributed by atoms with van der Waals surface area (Å²) in [4.78, 5) is 11.2. The first-order valence-electron chi connectivity index (χ1n) is 4.85. The van der Waals surface area contributed by atoms with Gasteiger partial charge in [0.2, 0.25) is 0 Å². The van der Waals surface area contributed by atoms with Gasteiger partial charge in [0, 0.05) is 30.6 Å². The van der Waals surface area contributed by atoms with Gasteiger partial charge in [-0.3, -0.25) is 4.79 Å². The van der Waals surface area contributed by atoms with E-state index in [2.05, 4.69) is 0 Å². The monoisotopic (exact) mass is 195 g/mol. The molecule has 0 spiro atoms. The lowest BCUT2D eigenvalue weighted by atomic mass is 10.1. The molecular formula is C11H17NO2. The van der Waals surface area contributed by atoms with Crippen LogP contribution in [0, 0.1) is 6.92 Å². The van der Waals surface area contributed by atoms with Crippen LogP contribution in [0.5, 0.6) is 0 Å². The minimum Gasteiger partial charge on any atom is -0.396 e. The molecule has 14 heavy (non-hydrogen) atoms. The zero-order valence-electron chi connectivity index (χ0n) is 9.00. The second-order valence-corrected chi connectivity index (χ2v) is 3.58. The van der Waals surface area contributed by atoms with Crippen LogP contribution in [0.1, 0.15) is 35.1 Å². The lowest BCUT2D eigenvalue weighted by molar-refractivity contribution is 0.101. The van der Waals surface area contributed by atoms with Gasteiger partial charge >= 0.3 is 0 Å². The molecule has 0 fully saturated rings. The summed E-state index contributed by atoms with van der Waals surface area (Å²) in [5.74, 6) is 0.105. The van der Waals surface area contributed by atoms with Gasteiger partial charge in [0.25, 0.3) is 0 Å². The second kappa shape index (κ2) is 4.42. The molecule has 0 aliphatic heterocycles. The van der Waals surface area contributed by atoms with E-state index in [1.807, 2.05) is 24.6 Å². The first-order chi connectivity index (χ1) is 6.57. The maximum atomic E-state index is 11.2. The van der Waals surface area contributed by atoms with Gasteiger partial charge in [-0.2, -0.15) is 0 Å². The average Bonchev–Trinajstić information content (AvgIpc) is 2.42. The van der Waals surface area contributed by atoms with Crippen molar-refractivity contribution < 1.29 is 9.90 Å². The van der Waals surface area contributed by atoms with Crippen LogP contribution in [0.15, 0.2) is 6.07 Å². The summed E-state index contributed by atoms with van der Waals surface area (Å²) in [5, 5.41) is 8.73. The first-order valence-corrected chi connectivity index (χ1v) is 4.85. The average molecular weight is 195 g/mol. The number of aliphatic hydroxyl groups is 1. The van der Waals surface area contributed by atoms with E-state index in [0.717, 1.165) is 29.8 Å². The quantitative estimate of drug-likeness (QED) is 0.739. The Morgan fingerprint density at radius 1 is 1.57 bits per heavy atom. The Kier molecular flexibility index (Phi) is 3.47. The summed E-state index contributed by atoms with van der Waals surface area (Å²) >= 11 is 0. The predicted octanol–water partition coefficient (Wildman–Crippen LogP) is 1.46. The van der Waals surface area contributed by atoms with Crippen molar-refractivity contribution in [1.82, 2.24) is 4.57 Å². The molecule has 1 rings (SSSR count). The number of aliphatic hydroxyl groups excluding tert-OH is 1. The molecule has 78 valence electrons. The molecule has 3 heteroatoms. The number of aromatic nitrogens is 1. The van der Waals surface area contributed by atoms with Crippen LogP contribution in [0.4, 0.5) is 0 Å². The van der Waals surface area contributed by atoms with E-state index in [-0.39, 0.29) is 12.4 Å². The first kappa shape index (κ1) is 11.0. The standard InChI is InChI=1S/C11H17NO2/c1-8-11(9(2)14)7-10(12(8)3)5-4-6-13/h7,13H,4-6H2,1-3H3. The van der Waals surface area contributed by atoms with Gasteiger partial charge in [-0.1, -0.05) is 0 Å². The number of nitrogens with zero attached hydrogens (tertiary/aromatic N) is 1. The molecule has 0 saturated heterocycles. The van der Waals surface area contributed by atoms with Gasteiger partial charge in [-0.25, -0.2) is 0 Å². The molecule has 1 aromatic rings. The highest BCUT2D eigenvalue weighted by atomic mass is 16.2. The van der Waals surface area contributed by atoms with Crippen LogP contribution in [0.25, 0.3) is 0 Å². The van der Waals surface area contributed by atoms with Crippen molar-refractivity contribution in [1.29, 1.82) is 0 Å². The maximum Gasteiger partial charge on any atom is 0.161 e. The van der Waals surface area contributed by atoms with Crippen LogP contribution >= 0.6 is 0 Å². The molecular weight excluding hydrogens is 178 g/mol. The van der Waals surface area contributed by atoms with Gasteiger partial charge in [-0.15, -0.1) is 0 Å². The van der Waals surface area contributed by atoms with Crippen molar-refractivity contribution in [3.8, 4) is 0 Å². The fraction of sp³-hybridized carbons (Fsp3) is 0.545. The number of hydrogen-bond acceptors (Lipinski definition) is 2. The third-order valence-electron chi connectivity index (χ3n) is 2.60. The highest BCUT2D eigenvalue weighted by Crippen LogP contribution is 2.15. The largest absolute Gasteiger partial charge is 0.396 e. The predicted molar refractivity (Wildman–Crippen MR) is 55.6 cm³/mol. The fourth-order valence-electron chi connectivity index (χ4n) is 1.62. The molecule has 0 bridgehead atoms. The molecule has 0 unspecified atom stereocenters. The van der Waals surface area contributed by atoms with Crippen molar-refractivity contribution in [3.05, 3.63) is 23.0 Å². The Hall–Kier alpha value is -1.09. The third-order valence-corrected chi connectivity index (χ3v) is 2.60. The topological polar surface area (TPSA) is 42.2 Å². The minimum atomic E-state index is 0.105. The van der Waals surface area contributed by atoms with Gasteiger partial charge in [0.15, 0.2) is 5.78 Å². The molecule has 0 amide bonds. The van der Waals surface area contributed by atoms with E-state index in [4.69, 9.17) is 5.11 Å². The van der Waals surface area contributed by atoms with E-state index in [1.54, 1.807) is 6.92 Å². The highest BCUT2D eigenvalue weighted by Gasteiger charge is 2.11. The highest BCUT2D eigenvalue weighted by molar-refractivity contribution is 5.95. The van der Waals surface area contributed by atoms with Gasteiger partial charge < -0.3 is 9.67 Å². The molecule has 0 aliphatic rings. The molecule has 0 aromatic carbocycles. The van der Waals surface area contributed by atoms with Crippen molar-refractivity contribution in [2.24, 2.45) is 7.05 Å². The number of carbonyl (C=O) groups is 1. The SMILES string of the molecule is CC(=O)c1cc(CCCO)n(C)c1C. The van der Waals surface area contributed by atoms with E-state index in [1.165, 1.54) is 0 Å². The Bertz CT molecular complexity index is 339. The number of rotatable bonds is 4. The lowest BCUT2D eigenvalue weighted by Crippen LogP contribution is -2.00. The summed E-state index contributed by atoms with van der Waals surface area (Å²) in [6, 6.07) is 1.92. The van der Waals surface area contributed by atoms with E-state index >= 15 is 0 Å². The maximum absolute atomic E-state index is 11.2. The summed E-state index contributed by atoms with van der Waals surface area (Å²) in [7, 11) is 1.95. The van der Waals surface area contributed by atoms with E-state index < -0.39 is 0 Å². The Balaban J connectivity index is 2.96. The molecule has 0 atom stereocenters. The summed E-state index contributed by atoms with van der Waals surface area (Å²) in [6.07, 6.45) is 1.57. The minimum absolute atomic E-state index is 0.105. The molecule has 1 N–H and O–H groups in total. The van der Waals surface area contributed by atoms with Crippen molar-refractivity contribution in [2.45, 2.75) is 26.7 Å². The van der Waals surface area contributed by atoms with Crippen LogP contribution < -0.4 is 0 Å². The van der Waals surface area contributed by atoms with Gasteiger partial charge in [0.1, 0.15) is 0 Å². The normalized spacial score (nSPS) is 10.6. The Morgan fingerprint density at radius 2 is 2.21 bits per heavy atom. The second-order valence-electron chi connectivity index (χ2n) is 3.58. The summed E-state index contributed by atoms with van der Waals surface area (Å²) < 4.78 is 2.02. The Labute approximate surface area is 84.4 Å². The lowest BCUT2D eigenvalue weighted by Gasteiger charge is -2.03. The smallest absolute Gasteiger partial charge is 0.161 e. The van der Waals surface area contributed by atoms with Crippen molar-refractivity contribution in [3.63, 3.8) is 0 Å². The number of carbonyl (C=O) groups excluding carboxylic acids is 1. The zero-order chi connectivity index (χ0) is 10.7. The van der Waals surface area contributed by atoms with Gasteiger partial charge in [-0.05, 0) is 32.8 Å². The third kappa shape index (κ3) is 2.04. The van der Waals surface area contributed by atoms with Crippen molar-refractivity contribution >= 4 is 5.78 Å². The number of ketones is 1. The van der Waals surface area contributed by atoms with Crippen molar-refractivity contribution in [2.75, 3.05) is 6.61 Å². The summed E-state index contributed by atoms with van der Waals surface area (Å²) in [6.45, 7) is 3.72. The fourth-order valence-corrected chi connectivity index (χ4v) is 1.62. The van der Waals surface area contributed by atoms with E-state index in [9.17, 15) is 4.79 Å². The molecule has 1 aromatic heterocycles. The number of aryl methyl sites for hydroxylation is 1. The zero-order valence-corrected chi connectivity index (χ0v) is 9.00. The van der Waals surface area contributed by atoms with Crippen LogP contribution in [0.2, 0.25) is 0 Å². The molecule has 3 nitrogen and oxygen atoms in total. The summed E-state index contributed by atoms with van der Waals surface area (Å²) in [5.41, 5.74) is 2.91. The van der Waals surface area contributed by atoms with E-state index in [0.29, 0.717) is 0 Å². The Morgan fingerprint density at radius 3 is 2.64 bits per heavy atom. The molecule has 0 saturated carbocycles. The van der Waals surface area contributed by atoms with Gasteiger partial charge in [0.05, 0.1) is 0 Å².